The summed E-state index contributed by atoms with van der Waals surface area (Å²) in [6.07, 6.45) is -4.70. The molecule has 1 aromatic heterocycles. The predicted molar refractivity (Wildman–Crippen MR) is 96.4 cm³/mol. The van der Waals surface area contributed by atoms with Crippen LogP contribution in [0.1, 0.15) is 11.3 Å². The van der Waals surface area contributed by atoms with E-state index in [9.17, 15) is 21.6 Å². The molecule has 3 aromatic rings. The van der Waals surface area contributed by atoms with Crippen molar-refractivity contribution in [2.75, 3.05) is 4.72 Å². The number of pyridine rings is 1. The van der Waals surface area contributed by atoms with Gasteiger partial charge in [-0.15, -0.1) is 0 Å². The Balaban J connectivity index is 2.16. The van der Waals surface area contributed by atoms with Gasteiger partial charge in [0.25, 0.3) is 10.0 Å². The molecule has 1 heterocycles. The Bertz CT molecular complexity index is 1080. The summed E-state index contributed by atoms with van der Waals surface area (Å²) < 4.78 is 67.4. The first-order valence-electron chi connectivity index (χ1n) is 7.33. The number of hydrogen-bond donors (Lipinski definition) is 1. The number of aromatic nitrogens is 1. The van der Waals surface area contributed by atoms with Crippen molar-refractivity contribution in [1.82, 2.24) is 4.98 Å². The molecule has 0 saturated carbocycles. The predicted octanol–water partition coefficient (Wildman–Crippen LogP) is 5.13. The first-order chi connectivity index (χ1) is 12.1. The van der Waals surface area contributed by atoms with Crippen LogP contribution in [-0.2, 0) is 16.2 Å². The zero-order valence-corrected chi connectivity index (χ0v) is 15.7. The number of aryl methyl sites for hydroxylation is 1. The van der Waals surface area contributed by atoms with E-state index >= 15 is 0 Å². The van der Waals surface area contributed by atoms with Crippen LogP contribution in [0, 0.1) is 6.92 Å². The second-order valence-electron chi connectivity index (χ2n) is 5.63. The Morgan fingerprint density at radius 1 is 1.04 bits per heavy atom. The third-order valence-corrected chi connectivity index (χ3v) is 5.51. The Morgan fingerprint density at radius 3 is 2.31 bits per heavy atom. The number of hydrogen-bond acceptors (Lipinski definition) is 3. The molecule has 0 fully saturated rings. The first kappa shape index (κ1) is 18.7. The average molecular weight is 445 g/mol. The molecule has 4 nitrogen and oxygen atoms in total. The van der Waals surface area contributed by atoms with E-state index in [0.29, 0.717) is 10.5 Å². The molecule has 0 aliphatic rings. The van der Waals surface area contributed by atoms with Crippen molar-refractivity contribution < 1.29 is 21.6 Å². The molecule has 26 heavy (non-hydrogen) atoms. The lowest BCUT2D eigenvalue weighted by Gasteiger charge is -2.14. The molecule has 0 saturated heterocycles. The fraction of sp³-hybridized carbons (Fsp3) is 0.118. The van der Waals surface area contributed by atoms with Crippen molar-refractivity contribution in [3.63, 3.8) is 0 Å². The van der Waals surface area contributed by atoms with Crippen molar-refractivity contribution in [2.24, 2.45) is 0 Å². The van der Waals surface area contributed by atoms with Crippen LogP contribution >= 0.6 is 15.9 Å². The second-order valence-corrected chi connectivity index (χ2v) is 8.23. The highest BCUT2D eigenvalue weighted by atomic mass is 79.9. The monoisotopic (exact) mass is 444 g/mol. The number of sulfonamides is 1. The van der Waals surface area contributed by atoms with Gasteiger partial charge in [-0.05, 0) is 43.3 Å². The van der Waals surface area contributed by atoms with Gasteiger partial charge in [-0.25, -0.2) is 13.4 Å². The lowest BCUT2D eigenvalue weighted by atomic mass is 10.1. The molecule has 2 aromatic carbocycles. The Kier molecular flexibility index (Phi) is 4.70. The van der Waals surface area contributed by atoms with Crippen LogP contribution < -0.4 is 4.72 Å². The van der Waals surface area contributed by atoms with Crippen LogP contribution in [-0.4, -0.2) is 13.4 Å². The molecule has 0 unspecified atom stereocenters. The van der Waals surface area contributed by atoms with E-state index in [4.69, 9.17) is 0 Å². The van der Waals surface area contributed by atoms with Crippen molar-refractivity contribution in [3.8, 4) is 0 Å². The summed E-state index contributed by atoms with van der Waals surface area (Å²) in [5, 5.41) is 0.253. The molecule has 0 radical (unpaired) electrons. The third-order valence-electron chi connectivity index (χ3n) is 3.64. The average Bonchev–Trinajstić information content (AvgIpc) is 2.54. The molecule has 0 bridgehead atoms. The summed E-state index contributed by atoms with van der Waals surface area (Å²) in [4.78, 5) is 3.54. The van der Waals surface area contributed by atoms with Crippen molar-refractivity contribution >= 4 is 42.5 Å². The van der Waals surface area contributed by atoms with Gasteiger partial charge in [0.2, 0.25) is 0 Å². The number of nitrogens with zero attached hydrogens (tertiary/aromatic N) is 1. The fourth-order valence-corrected chi connectivity index (χ4v) is 3.78. The zero-order valence-electron chi connectivity index (χ0n) is 13.3. The molecule has 9 heteroatoms. The highest BCUT2D eigenvalue weighted by molar-refractivity contribution is 9.10. The van der Waals surface area contributed by atoms with E-state index in [2.05, 4.69) is 25.6 Å². The van der Waals surface area contributed by atoms with E-state index in [0.717, 1.165) is 5.56 Å². The van der Waals surface area contributed by atoms with Gasteiger partial charge in [0.15, 0.2) is 0 Å². The summed E-state index contributed by atoms with van der Waals surface area (Å²) in [6, 6.07) is 11.1. The lowest BCUT2D eigenvalue weighted by Crippen LogP contribution is -2.15. The molecule has 3 rings (SSSR count). The number of halogens is 4. The minimum atomic E-state index is -4.70. The quantitative estimate of drug-likeness (QED) is 0.609. The van der Waals surface area contributed by atoms with Gasteiger partial charge in [-0.3, -0.25) is 4.72 Å². The molecule has 0 aliphatic carbocycles. The van der Waals surface area contributed by atoms with Crippen LogP contribution in [0.4, 0.5) is 18.9 Å². The Labute approximate surface area is 156 Å². The number of nitrogens with one attached hydrogen (secondary N) is 1. The lowest BCUT2D eigenvalue weighted by molar-refractivity contribution is -0.140. The molecule has 0 aliphatic heterocycles. The first-order valence-corrected chi connectivity index (χ1v) is 9.61. The molecule has 0 atom stereocenters. The smallest absolute Gasteiger partial charge is 0.279 e. The zero-order chi connectivity index (χ0) is 19.1. The van der Waals surface area contributed by atoms with Crippen molar-refractivity contribution in [3.05, 3.63) is 64.3 Å². The van der Waals surface area contributed by atoms with Gasteiger partial charge >= 0.3 is 6.18 Å². The fourth-order valence-electron chi connectivity index (χ4n) is 2.35. The number of fused-ring (bicyclic) bond motifs is 1. The van der Waals surface area contributed by atoms with Gasteiger partial charge in [0.05, 0.1) is 16.1 Å². The van der Waals surface area contributed by atoms with Gasteiger partial charge in [-0.2, -0.15) is 13.2 Å². The standard InChI is InChI=1S/C17H12BrF3N2O2S/c1-10-2-5-12(6-3-10)26(24,25)23-15-9-16(17(19,20)21)22-14-7-4-11(18)8-13(14)15/h2-9H,1H3,(H,22,23). The summed E-state index contributed by atoms with van der Waals surface area (Å²) in [7, 11) is -4.06. The largest absolute Gasteiger partial charge is 0.433 e. The molecule has 0 spiro atoms. The highest BCUT2D eigenvalue weighted by Crippen LogP contribution is 2.35. The van der Waals surface area contributed by atoms with E-state index < -0.39 is 21.9 Å². The molecular weight excluding hydrogens is 433 g/mol. The normalized spacial score (nSPS) is 12.3. The SMILES string of the molecule is Cc1ccc(S(=O)(=O)Nc2cc(C(F)(F)F)nc3ccc(Br)cc23)cc1. The van der Waals surface area contributed by atoms with E-state index in [1.807, 2.05) is 0 Å². The van der Waals surface area contributed by atoms with Crippen LogP contribution in [0.5, 0.6) is 0 Å². The highest BCUT2D eigenvalue weighted by Gasteiger charge is 2.34. The van der Waals surface area contributed by atoms with E-state index in [1.165, 1.54) is 30.3 Å². The number of anilines is 1. The minimum absolute atomic E-state index is 0.0321. The third kappa shape index (κ3) is 3.83. The van der Waals surface area contributed by atoms with Gasteiger partial charge in [-0.1, -0.05) is 33.6 Å². The molecule has 136 valence electrons. The molecule has 0 amide bonds. The minimum Gasteiger partial charge on any atom is -0.279 e. The summed E-state index contributed by atoms with van der Waals surface area (Å²) in [6.45, 7) is 1.80. The summed E-state index contributed by atoms with van der Waals surface area (Å²) in [5.41, 5.74) is -0.468. The molecular formula is C17H12BrF3N2O2S. The summed E-state index contributed by atoms with van der Waals surface area (Å²) in [5.74, 6) is 0. The second kappa shape index (κ2) is 6.55. The van der Waals surface area contributed by atoms with E-state index in [1.54, 1.807) is 19.1 Å². The number of rotatable bonds is 3. The number of benzene rings is 2. The van der Waals surface area contributed by atoms with Crippen molar-refractivity contribution in [2.45, 2.75) is 18.0 Å². The maximum absolute atomic E-state index is 13.1. The van der Waals surface area contributed by atoms with Crippen LogP contribution in [0.15, 0.2) is 57.9 Å². The van der Waals surface area contributed by atoms with Crippen LogP contribution in [0.25, 0.3) is 10.9 Å². The van der Waals surface area contributed by atoms with E-state index in [-0.39, 0.29) is 21.5 Å². The van der Waals surface area contributed by atoms with Crippen LogP contribution in [0.3, 0.4) is 0 Å². The van der Waals surface area contributed by atoms with Crippen molar-refractivity contribution in [1.29, 1.82) is 0 Å². The topological polar surface area (TPSA) is 59.1 Å². The van der Waals surface area contributed by atoms with Gasteiger partial charge in [0, 0.05) is 9.86 Å². The van der Waals surface area contributed by atoms with Gasteiger partial charge in [0.1, 0.15) is 5.69 Å². The Morgan fingerprint density at radius 2 is 1.69 bits per heavy atom. The molecule has 1 N–H and O–H groups in total. The number of alkyl halides is 3. The van der Waals surface area contributed by atoms with Crippen LogP contribution in [0.2, 0.25) is 0 Å². The Hall–Kier alpha value is -2.13. The maximum Gasteiger partial charge on any atom is 0.433 e. The van der Waals surface area contributed by atoms with Gasteiger partial charge < -0.3 is 0 Å². The maximum atomic E-state index is 13.1. The summed E-state index contributed by atoms with van der Waals surface area (Å²) >= 11 is 3.23.